The number of carboxylic acids is 1. The third kappa shape index (κ3) is 1.18. The molecule has 74 valence electrons. The average Bonchev–Trinajstić information content (AvgIpc) is 2.05. The molecule has 0 aliphatic heterocycles. The number of rotatable bonds is 2. The Kier molecular flexibility index (Phi) is 1.98. The van der Waals surface area contributed by atoms with Crippen molar-refractivity contribution in [2.75, 3.05) is 0 Å². The highest BCUT2D eigenvalue weighted by Gasteiger charge is 2.47. The predicted octanol–water partition coefficient (Wildman–Crippen LogP) is 1.29. The van der Waals surface area contributed by atoms with Gasteiger partial charge >= 0.3 is 5.97 Å². The Morgan fingerprint density at radius 1 is 1.43 bits per heavy atom. The number of hydrogen-bond donors (Lipinski definition) is 1. The normalized spacial score (nSPS) is 18.6. The quantitative estimate of drug-likeness (QED) is 0.766. The number of hydrogen-bond acceptors (Lipinski definition) is 3. The van der Waals surface area contributed by atoms with E-state index in [-0.39, 0.29) is 0 Å². The van der Waals surface area contributed by atoms with Crippen molar-refractivity contribution in [1.82, 2.24) is 9.97 Å². The monoisotopic (exact) mass is 192 g/mol. The zero-order valence-electron chi connectivity index (χ0n) is 8.03. The summed E-state index contributed by atoms with van der Waals surface area (Å²) in [7, 11) is 0. The maximum atomic E-state index is 11.1. The molecule has 0 spiro atoms. The van der Waals surface area contributed by atoms with Crippen LogP contribution in [0.5, 0.6) is 0 Å². The summed E-state index contributed by atoms with van der Waals surface area (Å²) in [6, 6.07) is 0. The van der Waals surface area contributed by atoms with E-state index in [0.29, 0.717) is 18.5 Å². The zero-order chi connectivity index (χ0) is 10.2. The minimum absolute atomic E-state index is 0.599. The molecule has 4 heteroatoms. The molecule has 1 fully saturated rings. The van der Waals surface area contributed by atoms with E-state index in [1.807, 2.05) is 6.92 Å². The fourth-order valence-electron chi connectivity index (χ4n) is 1.75. The summed E-state index contributed by atoms with van der Waals surface area (Å²) >= 11 is 0. The van der Waals surface area contributed by atoms with Gasteiger partial charge in [0, 0.05) is 12.4 Å². The van der Waals surface area contributed by atoms with Gasteiger partial charge in [-0.15, -0.1) is 0 Å². The molecule has 1 heterocycles. The van der Waals surface area contributed by atoms with Gasteiger partial charge < -0.3 is 5.11 Å². The first kappa shape index (κ1) is 9.12. The van der Waals surface area contributed by atoms with Crippen molar-refractivity contribution >= 4 is 5.97 Å². The van der Waals surface area contributed by atoms with Crippen LogP contribution in [-0.2, 0) is 10.2 Å². The maximum absolute atomic E-state index is 11.1. The van der Waals surface area contributed by atoms with Crippen LogP contribution < -0.4 is 0 Å². The Morgan fingerprint density at radius 2 is 2.14 bits per heavy atom. The minimum atomic E-state index is -0.776. The standard InChI is InChI=1S/C10H12N2O2/c1-7-5-12-8(6-11-7)10(9(13)14)3-2-4-10/h5-6H,2-4H2,1H3,(H,13,14). The predicted molar refractivity (Wildman–Crippen MR) is 49.9 cm³/mol. The van der Waals surface area contributed by atoms with Crippen molar-refractivity contribution in [3.05, 3.63) is 23.8 Å². The molecule has 0 aromatic carbocycles. The van der Waals surface area contributed by atoms with Crippen LogP contribution in [0.15, 0.2) is 12.4 Å². The van der Waals surface area contributed by atoms with Crippen LogP contribution in [0.1, 0.15) is 30.7 Å². The van der Waals surface area contributed by atoms with Crippen molar-refractivity contribution in [1.29, 1.82) is 0 Å². The Balaban J connectivity index is 2.37. The summed E-state index contributed by atoms with van der Waals surface area (Å²) in [4.78, 5) is 19.4. The Morgan fingerprint density at radius 3 is 2.50 bits per heavy atom. The van der Waals surface area contributed by atoms with Gasteiger partial charge in [0.2, 0.25) is 0 Å². The molecule has 1 aromatic rings. The third-order valence-corrected chi connectivity index (χ3v) is 2.89. The molecule has 1 aliphatic carbocycles. The lowest BCUT2D eigenvalue weighted by molar-refractivity contribution is -0.147. The van der Waals surface area contributed by atoms with Crippen LogP contribution in [0.4, 0.5) is 0 Å². The van der Waals surface area contributed by atoms with Crippen molar-refractivity contribution in [3.63, 3.8) is 0 Å². The van der Waals surface area contributed by atoms with Gasteiger partial charge in [-0.3, -0.25) is 14.8 Å². The van der Waals surface area contributed by atoms with E-state index in [1.165, 1.54) is 0 Å². The maximum Gasteiger partial charge on any atom is 0.315 e. The number of carboxylic acid groups (broad SMARTS) is 1. The van der Waals surface area contributed by atoms with Crippen LogP contribution in [0.25, 0.3) is 0 Å². The molecule has 0 atom stereocenters. The summed E-state index contributed by atoms with van der Waals surface area (Å²) in [5.41, 5.74) is 0.663. The molecule has 1 aliphatic rings. The highest BCUT2D eigenvalue weighted by molar-refractivity contribution is 5.81. The van der Waals surface area contributed by atoms with E-state index in [2.05, 4.69) is 9.97 Å². The fourth-order valence-corrected chi connectivity index (χ4v) is 1.75. The Labute approximate surface area is 82.0 Å². The van der Waals surface area contributed by atoms with E-state index < -0.39 is 11.4 Å². The van der Waals surface area contributed by atoms with E-state index in [0.717, 1.165) is 12.1 Å². The summed E-state index contributed by atoms with van der Waals surface area (Å²) in [5, 5.41) is 9.14. The van der Waals surface area contributed by atoms with Crippen molar-refractivity contribution in [3.8, 4) is 0 Å². The van der Waals surface area contributed by atoms with E-state index in [1.54, 1.807) is 12.4 Å². The Bertz CT molecular complexity index is 355. The van der Waals surface area contributed by atoms with Gasteiger partial charge in [0.25, 0.3) is 0 Å². The lowest BCUT2D eigenvalue weighted by atomic mass is 9.67. The Hall–Kier alpha value is -1.45. The van der Waals surface area contributed by atoms with Crippen LogP contribution in [0, 0.1) is 6.92 Å². The number of nitrogens with zero attached hydrogens (tertiary/aromatic N) is 2. The molecule has 0 unspecified atom stereocenters. The summed E-state index contributed by atoms with van der Waals surface area (Å²) in [5.74, 6) is -0.776. The second-order valence-corrected chi connectivity index (χ2v) is 3.78. The molecular formula is C10H12N2O2. The van der Waals surface area contributed by atoms with Gasteiger partial charge in [0.15, 0.2) is 0 Å². The van der Waals surface area contributed by atoms with Gasteiger partial charge in [-0.2, -0.15) is 0 Å². The van der Waals surface area contributed by atoms with E-state index >= 15 is 0 Å². The second kappa shape index (κ2) is 3.04. The second-order valence-electron chi connectivity index (χ2n) is 3.78. The molecular weight excluding hydrogens is 180 g/mol. The van der Waals surface area contributed by atoms with Crippen LogP contribution in [0.3, 0.4) is 0 Å². The van der Waals surface area contributed by atoms with Gasteiger partial charge in [0.05, 0.1) is 11.4 Å². The molecule has 1 saturated carbocycles. The molecule has 0 saturated heterocycles. The lowest BCUT2D eigenvalue weighted by Crippen LogP contribution is -2.43. The van der Waals surface area contributed by atoms with Crippen LogP contribution >= 0.6 is 0 Å². The number of aliphatic carboxylic acids is 1. The first-order valence-corrected chi connectivity index (χ1v) is 4.68. The van der Waals surface area contributed by atoms with Gasteiger partial charge in [0.1, 0.15) is 5.41 Å². The largest absolute Gasteiger partial charge is 0.481 e. The molecule has 2 rings (SSSR count). The summed E-state index contributed by atoms with van der Waals surface area (Å²) in [6.07, 6.45) is 5.53. The molecule has 14 heavy (non-hydrogen) atoms. The van der Waals surface area contributed by atoms with Gasteiger partial charge in [-0.25, -0.2) is 0 Å². The number of carbonyl (C=O) groups is 1. The molecule has 0 amide bonds. The summed E-state index contributed by atoms with van der Waals surface area (Å²) < 4.78 is 0. The first-order valence-electron chi connectivity index (χ1n) is 4.68. The topological polar surface area (TPSA) is 63.1 Å². The van der Waals surface area contributed by atoms with Crippen molar-refractivity contribution in [2.45, 2.75) is 31.6 Å². The van der Waals surface area contributed by atoms with Gasteiger partial charge in [-0.1, -0.05) is 6.42 Å². The summed E-state index contributed by atoms with van der Waals surface area (Å²) in [6.45, 7) is 1.84. The smallest absolute Gasteiger partial charge is 0.315 e. The molecule has 1 N–H and O–H groups in total. The molecule has 1 aromatic heterocycles. The first-order chi connectivity index (χ1) is 6.65. The van der Waals surface area contributed by atoms with Crippen LogP contribution in [0.2, 0.25) is 0 Å². The molecule has 0 bridgehead atoms. The average molecular weight is 192 g/mol. The lowest BCUT2D eigenvalue weighted by Gasteiger charge is -2.36. The number of aromatic nitrogens is 2. The zero-order valence-corrected chi connectivity index (χ0v) is 8.03. The van der Waals surface area contributed by atoms with Crippen LogP contribution in [-0.4, -0.2) is 21.0 Å². The highest BCUT2D eigenvalue weighted by atomic mass is 16.4. The minimum Gasteiger partial charge on any atom is -0.481 e. The third-order valence-electron chi connectivity index (χ3n) is 2.89. The van der Waals surface area contributed by atoms with E-state index in [9.17, 15) is 4.79 Å². The highest BCUT2D eigenvalue weighted by Crippen LogP contribution is 2.42. The van der Waals surface area contributed by atoms with E-state index in [4.69, 9.17) is 5.11 Å². The fraction of sp³-hybridized carbons (Fsp3) is 0.500. The van der Waals surface area contributed by atoms with Gasteiger partial charge in [-0.05, 0) is 19.8 Å². The SMILES string of the molecule is Cc1cnc(C2(C(=O)O)CCC2)cn1. The van der Waals surface area contributed by atoms with Crippen molar-refractivity contribution in [2.24, 2.45) is 0 Å². The molecule has 0 radical (unpaired) electrons. The number of aryl methyl sites for hydroxylation is 1. The molecule has 4 nitrogen and oxygen atoms in total. The van der Waals surface area contributed by atoms with Crippen molar-refractivity contribution < 1.29 is 9.90 Å².